The number of hydrogen-bond donors (Lipinski definition) is 1. The summed E-state index contributed by atoms with van der Waals surface area (Å²) in [6.07, 6.45) is 0.100. The van der Waals surface area contributed by atoms with E-state index in [0.29, 0.717) is 10.6 Å². The number of carbonyl (C=O) groups is 2. The highest BCUT2D eigenvalue weighted by molar-refractivity contribution is 6.31. The van der Waals surface area contributed by atoms with Crippen LogP contribution >= 0.6 is 11.6 Å². The number of amides is 1. The highest BCUT2D eigenvalue weighted by Gasteiger charge is 2.14. The number of esters is 1. The van der Waals surface area contributed by atoms with E-state index in [2.05, 4.69) is 5.32 Å². The lowest BCUT2D eigenvalue weighted by Gasteiger charge is -2.13. The van der Waals surface area contributed by atoms with Crippen molar-refractivity contribution in [2.75, 3.05) is 0 Å². The van der Waals surface area contributed by atoms with Gasteiger partial charge in [0.15, 0.2) is 0 Å². The molecule has 2 aromatic rings. The van der Waals surface area contributed by atoms with E-state index in [1.807, 2.05) is 18.2 Å². The summed E-state index contributed by atoms with van der Waals surface area (Å²) in [7, 11) is 0. The normalized spacial score (nSPS) is 11.6. The van der Waals surface area contributed by atoms with E-state index in [9.17, 15) is 9.59 Å². The second-order valence-electron chi connectivity index (χ2n) is 5.20. The molecule has 2 rings (SSSR count). The number of hydrogen-bond acceptors (Lipinski definition) is 3. The highest BCUT2D eigenvalue weighted by Crippen LogP contribution is 2.16. The van der Waals surface area contributed by atoms with Crippen LogP contribution in [-0.2, 0) is 16.1 Å². The van der Waals surface area contributed by atoms with Crippen LogP contribution in [0.3, 0.4) is 0 Å². The van der Waals surface area contributed by atoms with Gasteiger partial charge in [-0.25, -0.2) is 0 Å². The molecule has 120 valence electrons. The lowest BCUT2D eigenvalue weighted by molar-refractivity contribution is -0.145. The predicted octanol–water partition coefficient (Wildman–Crippen LogP) is 3.59. The standard InChI is InChI=1S/C18H18ClNO3/c1-13(20-18(22)14-7-3-2-4-8-14)11-17(21)23-12-15-9-5-6-10-16(15)19/h2-10,13H,11-12H2,1H3,(H,20,22). The maximum Gasteiger partial charge on any atom is 0.308 e. The van der Waals surface area contributed by atoms with E-state index < -0.39 is 0 Å². The lowest BCUT2D eigenvalue weighted by Crippen LogP contribution is -2.34. The van der Waals surface area contributed by atoms with E-state index >= 15 is 0 Å². The van der Waals surface area contributed by atoms with Crippen molar-refractivity contribution in [3.63, 3.8) is 0 Å². The van der Waals surface area contributed by atoms with Crippen LogP contribution in [-0.4, -0.2) is 17.9 Å². The van der Waals surface area contributed by atoms with Crippen molar-refractivity contribution in [2.45, 2.75) is 26.0 Å². The zero-order chi connectivity index (χ0) is 16.7. The molecule has 0 radical (unpaired) electrons. The first kappa shape index (κ1) is 17.0. The van der Waals surface area contributed by atoms with Gasteiger partial charge in [0.25, 0.3) is 5.91 Å². The summed E-state index contributed by atoms with van der Waals surface area (Å²) in [6, 6.07) is 15.7. The molecule has 2 aromatic carbocycles. The molecule has 0 fully saturated rings. The number of benzene rings is 2. The minimum Gasteiger partial charge on any atom is -0.461 e. The highest BCUT2D eigenvalue weighted by atomic mass is 35.5. The molecule has 0 aromatic heterocycles. The Kier molecular flexibility index (Phi) is 6.18. The summed E-state index contributed by atoms with van der Waals surface area (Å²) < 4.78 is 5.19. The smallest absolute Gasteiger partial charge is 0.308 e. The number of carbonyl (C=O) groups excluding carboxylic acids is 2. The average Bonchev–Trinajstić information content (AvgIpc) is 2.54. The Morgan fingerprint density at radius 2 is 1.74 bits per heavy atom. The minimum atomic E-state index is -0.384. The van der Waals surface area contributed by atoms with Gasteiger partial charge in [-0.1, -0.05) is 48.0 Å². The molecule has 1 atom stereocenters. The first-order valence-electron chi connectivity index (χ1n) is 7.31. The van der Waals surface area contributed by atoms with Gasteiger partial charge in [0.05, 0.1) is 6.42 Å². The van der Waals surface area contributed by atoms with Crippen molar-refractivity contribution >= 4 is 23.5 Å². The fourth-order valence-corrected chi connectivity index (χ4v) is 2.22. The molecular formula is C18H18ClNO3. The predicted molar refractivity (Wildman–Crippen MR) is 89.2 cm³/mol. The van der Waals surface area contributed by atoms with Gasteiger partial charge in [0.1, 0.15) is 6.61 Å². The van der Waals surface area contributed by atoms with Crippen molar-refractivity contribution in [1.82, 2.24) is 5.32 Å². The Morgan fingerprint density at radius 1 is 1.09 bits per heavy atom. The van der Waals surface area contributed by atoms with Crippen molar-refractivity contribution in [2.24, 2.45) is 0 Å². The van der Waals surface area contributed by atoms with Crippen LogP contribution in [0.4, 0.5) is 0 Å². The Hall–Kier alpha value is -2.33. The summed E-state index contributed by atoms with van der Waals surface area (Å²) in [5.74, 6) is -0.595. The van der Waals surface area contributed by atoms with E-state index in [1.54, 1.807) is 43.3 Å². The maximum atomic E-state index is 12.0. The Labute approximate surface area is 140 Å². The second-order valence-corrected chi connectivity index (χ2v) is 5.60. The Bertz CT molecular complexity index is 673. The van der Waals surface area contributed by atoms with Crippen molar-refractivity contribution < 1.29 is 14.3 Å². The molecule has 0 aliphatic rings. The van der Waals surface area contributed by atoms with Gasteiger partial charge in [-0.15, -0.1) is 0 Å². The molecule has 0 heterocycles. The van der Waals surface area contributed by atoms with E-state index in [4.69, 9.17) is 16.3 Å². The zero-order valence-electron chi connectivity index (χ0n) is 12.8. The average molecular weight is 332 g/mol. The quantitative estimate of drug-likeness (QED) is 0.823. The monoisotopic (exact) mass is 331 g/mol. The van der Waals surface area contributed by atoms with Gasteiger partial charge in [-0.3, -0.25) is 9.59 Å². The molecule has 4 nitrogen and oxygen atoms in total. The van der Waals surface area contributed by atoms with Crippen molar-refractivity contribution in [3.8, 4) is 0 Å². The summed E-state index contributed by atoms with van der Waals surface area (Å²) in [5, 5.41) is 3.33. The number of nitrogens with one attached hydrogen (secondary N) is 1. The zero-order valence-corrected chi connectivity index (χ0v) is 13.5. The summed E-state index contributed by atoms with van der Waals surface area (Å²) in [4.78, 5) is 23.8. The van der Waals surface area contributed by atoms with E-state index in [1.165, 1.54) is 0 Å². The molecule has 0 aliphatic carbocycles. The topological polar surface area (TPSA) is 55.4 Å². The molecule has 0 spiro atoms. The molecule has 1 amide bonds. The molecule has 1 unspecified atom stereocenters. The van der Waals surface area contributed by atoms with Crippen LogP contribution in [0, 0.1) is 0 Å². The molecule has 5 heteroatoms. The largest absolute Gasteiger partial charge is 0.461 e. The molecule has 23 heavy (non-hydrogen) atoms. The molecule has 0 saturated carbocycles. The SMILES string of the molecule is CC(CC(=O)OCc1ccccc1Cl)NC(=O)c1ccccc1. The third-order valence-electron chi connectivity index (χ3n) is 3.23. The fraction of sp³-hybridized carbons (Fsp3) is 0.222. The van der Waals surface area contributed by atoms with Gasteiger partial charge in [0, 0.05) is 22.2 Å². The number of rotatable bonds is 6. The number of halogens is 1. The summed E-state index contributed by atoms with van der Waals surface area (Å²) in [5.41, 5.74) is 1.31. The van der Waals surface area contributed by atoms with Crippen LogP contribution in [0.2, 0.25) is 5.02 Å². The third-order valence-corrected chi connectivity index (χ3v) is 3.60. The molecule has 0 aliphatic heterocycles. The van der Waals surface area contributed by atoms with Crippen molar-refractivity contribution in [3.05, 3.63) is 70.7 Å². The summed E-state index contributed by atoms with van der Waals surface area (Å²) >= 11 is 6.00. The second kappa shape index (κ2) is 8.34. The third kappa shape index (κ3) is 5.42. The van der Waals surface area contributed by atoms with Gasteiger partial charge in [-0.05, 0) is 25.1 Å². The maximum absolute atomic E-state index is 12.0. The fourth-order valence-electron chi connectivity index (χ4n) is 2.03. The summed E-state index contributed by atoms with van der Waals surface area (Å²) in [6.45, 7) is 1.88. The van der Waals surface area contributed by atoms with Gasteiger partial charge in [-0.2, -0.15) is 0 Å². The molecular weight excluding hydrogens is 314 g/mol. The van der Waals surface area contributed by atoms with Crippen LogP contribution < -0.4 is 5.32 Å². The lowest BCUT2D eigenvalue weighted by atomic mass is 10.2. The first-order valence-corrected chi connectivity index (χ1v) is 7.69. The van der Waals surface area contributed by atoms with Gasteiger partial charge < -0.3 is 10.1 Å². The van der Waals surface area contributed by atoms with Gasteiger partial charge >= 0.3 is 5.97 Å². The van der Waals surface area contributed by atoms with E-state index in [0.717, 1.165) is 5.56 Å². The molecule has 0 saturated heterocycles. The van der Waals surface area contributed by atoms with E-state index in [-0.39, 0.29) is 30.9 Å². The first-order chi connectivity index (χ1) is 11.1. The van der Waals surface area contributed by atoms with Gasteiger partial charge in [0.2, 0.25) is 0 Å². The van der Waals surface area contributed by atoms with Crippen LogP contribution in [0.1, 0.15) is 29.3 Å². The number of ether oxygens (including phenoxy) is 1. The minimum absolute atomic E-state index is 0.100. The van der Waals surface area contributed by atoms with Crippen LogP contribution in [0.25, 0.3) is 0 Å². The van der Waals surface area contributed by atoms with Crippen LogP contribution in [0.5, 0.6) is 0 Å². The Morgan fingerprint density at radius 3 is 2.43 bits per heavy atom. The van der Waals surface area contributed by atoms with Crippen LogP contribution in [0.15, 0.2) is 54.6 Å². The molecule has 0 bridgehead atoms. The molecule has 1 N–H and O–H groups in total. The Balaban J connectivity index is 1.79. The van der Waals surface area contributed by atoms with Crippen molar-refractivity contribution in [1.29, 1.82) is 0 Å².